The molecule has 0 spiro atoms. The van der Waals surface area contributed by atoms with Crippen molar-refractivity contribution in [3.63, 3.8) is 0 Å². The van der Waals surface area contributed by atoms with Crippen LogP contribution < -0.4 is 15.4 Å². The number of aliphatic hydroxyl groups excluding tert-OH is 1. The average molecular weight is 675 g/mol. The van der Waals surface area contributed by atoms with E-state index in [2.05, 4.69) is 10.6 Å². The van der Waals surface area contributed by atoms with E-state index in [1.165, 1.54) is 0 Å². The van der Waals surface area contributed by atoms with Crippen LogP contribution in [0.3, 0.4) is 0 Å². The summed E-state index contributed by atoms with van der Waals surface area (Å²) >= 11 is 0. The SMILES string of the molecule is O=C(C[C@H]1CC=CCC[C@H](Cc2ccccc2)C(=O)OC[C@@H](c2ccccc2)NC1=O)N[C@H](CO)Cc1ccc(OCc2ccccc2)cc1. The van der Waals surface area contributed by atoms with Gasteiger partial charge in [-0.05, 0) is 66.5 Å². The Morgan fingerprint density at radius 3 is 2.16 bits per heavy atom. The third-order valence-electron chi connectivity index (χ3n) is 8.88. The van der Waals surface area contributed by atoms with Gasteiger partial charge in [0.15, 0.2) is 0 Å². The second kappa shape index (κ2) is 19.1. The minimum atomic E-state index is -0.658. The molecule has 260 valence electrons. The molecule has 1 heterocycles. The first-order valence-corrected chi connectivity index (χ1v) is 17.3. The minimum Gasteiger partial charge on any atom is -0.489 e. The Labute approximate surface area is 294 Å². The molecule has 4 atom stereocenters. The number of allylic oxidation sites excluding steroid dienone is 2. The molecule has 2 amide bonds. The van der Waals surface area contributed by atoms with Crippen molar-refractivity contribution < 1.29 is 29.0 Å². The maximum Gasteiger partial charge on any atom is 0.309 e. The number of amides is 2. The van der Waals surface area contributed by atoms with E-state index in [1.54, 1.807) is 0 Å². The molecule has 5 rings (SSSR count). The lowest BCUT2D eigenvalue weighted by atomic mass is 9.94. The van der Waals surface area contributed by atoms with E-state index in [0.717, 1.165) is 28.0 Å². The summed E-state index contributed by atoms with van der Waals surface area (Å²) in [6, 6.07) is 35.7. The molecule has 1 aliphatic rings. The van der Waals surface area contributed by atoms with E-state index in [-0.39, 0.29) is 43.3 Å². The molecule has 50 heavy (non-hydrogen) atoms. The Morgan fingerprint density at radius 2 is 1.48 bits per heavy atom. The van der Waals surface area contributed by atoms with Gasteiger partial charge in [-0.25, -0.2) is 0 Å². The van der Waals surface area contributed by atoms with E-state index in [9.17, 15) is 19.5 Å². The van der Waals surface area contributed by atoms with Crippen LogP contribution in [-0.4, -0.2) is 42.1 Å². The highest BCUT2D eigenvalue weighted by molar-refractivity contribution is 5.86. The summed E-state index contributed by atoms with van der Waals surface area (Å²) in [4.78, 5) is 40.3. The first kappa shape index (κ1) is 36.1. The van der Waals surface area contributed by atoms with Gasteiger partial charge in [0, 0.05) is 6.42 Å². The van der Waals surface area contributed by atoms with Crippen LogP contribution in [-0.2, 0) is 38.6 Å². The predicted molar refractivity (Wildman–Crippen MR) is 193 cm³/mol. The molecule has 0 bridgehead atoms. The molecule has 1 aliphatic heterocycles. The molecule has 0 saturated heterocycles. The fourth-order valence-corrected chi connectivity index (χ4v) is 6.06. The fraction of sp³-hybridized carbons (Fsp3) is 0.310. The van der Waals surface area contributed by atoms with Crippen LogP contribution >= 0.6 is 0 Å². The number of aliphatic hydroxyl groups is 1. The molecule has 0 aromatic heterocycles. The highest BCUT2D eigenvalue weighted by Gasteiger charge is 2.28. The zero-order valence-corrected chi connectivity index (χ0v) is 28.3. The van der Waals surface area contributed by atoms with Crippen molar-refractivity contribution >= 4 is 17.8 Å². The standard InChI is InChI=1S/C42H46N2O6/c45-28-37(26-32-21-23-38(24-22-32)49-29-33-15-7-2-8-16-33)43-40(46)27-35-19-11-4-12-20-36(25-31-13-5-1-6-14-31)42(48)50-30-39(44-41(35)47)34-17-9-3-10-18-34/h1-11,13-18,21-24,35-37,39,45H,12,19-20,25-30H2,(H,43,46)(H,44,47)/t35-,36-,37+,39+/m1/s1. The molecular formula is C42H46N2O6. The van der Waals surface area contributed by atoms with E-state index < -0.39 is 18.0 Å². The average Bonchev–Trinajstić information content (AvgIpc) is 3.16. The van der Waals surface area contributed by atoms with Crippen LogP contribution in [0.25, 0.3) is 0 Å². The molecular weight excluding hydrogens is 628 g/mol. The number of rotatable bonds is 12. The largest absolute Gasteiger partial charge is 0.489 e. The van der Waals surface area contributed by atoms with Crippen LogP contribution in [0.4, 0.5) is 0 Å². The highest BCUT2D eigenvalue weighted by atomic mass is 16.5. The van der Waals surface area contributed by atoms with E-state index >= 15 is 0 Å². The second-order valence-corrected chi connectivity index (χ2v) is 12.7. The summed E-state index contributed by atoms with van der Waals surface area (Å²) in [6.45, 7) is 0.195. The van der Waals surface area contributed by atoms with Crippen molar-refractivity contribution in [1.29, 1.82) is 0 Å². The molecule has 0 radical (unpaired) electrons. The molecule has 0 aliphatic carbocycles. The summed E-state index contributed by atoms with van der Waals surface area (Å²) in [5.41, 5.74) is 3.88. The molecule has 4 aromatic rings. The van der Waals surface area contributed by atoms with Gasteiger partial charge in [-0.15, -0.1) is 0 Å². The van der Waals surface area contributed by atoms with Crippen molar-refractivity contribution in [2.45, 2.75) is 57.2 Å². The van der Waals surface area contributed by atoms with Gasteiger partial charge in [0.05, 0.1) is 30.5 Å². The number of ether oxygens (including phenoxy) is 2. The molecule has 0 unspecified atom stereocenters. The number of hydrogen-bond acceptors (Lipinski definition) is 6. The van der Waals surface area contributed by atoms with Gasteiger partial charge in [0.2, 0.25) is 11.8 Å². The smallest absolute Gasteiger partial charge is 0.309 e. The van der Waals surface area contributed by atoms with Crippen LogP contribution in [0.2, 0.25) is 0 Å². The van der Waals surface area contributed by atoms with Gasteiger partial charge in [-0.2, -0.15) is 0 Å². The molecule has 0 fully saturated rings. The number of hydrogen-bond donors (Lipinski definition) is 3. The van der Waals surface area contributed by atoms with E-state index in [1.807, 2.05) is 127 Å². The number of carbonyl (C=O) groups excluding carboxylic acids is 3. The van der Waals surface area contributed by atoms with Gasteiger partial charge >= 0.3 is 5.97 Å². The van der Waals surface area contributed by atoms with E-state index in [0.29, 0.717) is 38.7 Å². The number of esters is 1. The molecule has 3 N–H and O–H groups in total. The summed E-state index contributed by atoms with van der Waals surface area (Å²) in [7, 11) is 0. The summed E-state index contributed by atoms with van der Waals surface area (Å²) in [6.07, 6.45) is 6.41. The highest BCUT2D eigenvalue weighted by Crippen LogP contribution is 2.22. The zero-order chi connectivity index (χ0) is 35.0. The quantitative estimate of drug-likeness (QED) is 0.120. The lowest BCUT2D eigenvalue weighted by Crippen LogP contribution is -2.42. The first-order valence-electron chi connectivity index (χ1n) is 17.3. The predicted octanol–water partition coefficient (Wildman–Crippen LogP) is 6.29. The van der Waals surface area contributed by atoms with Crippen LogP contribution in [0.5, 0.6) is 5.75 Å². The van der Waals surface area contributed by atoms with Crippen LogP contribution in [0.15, 0.2) is 127 Å². The Morgan fingerprint density at radius 1 is 0.820 bits per heavy atom. The van der Waals surface area contributed by atoms with Gasteiger partial charge in [-0.3, -0.25) is 14.4 Å². The fourth-order valence-electron chi connectivity index (χ4n) is 6.06. The van der Waals surface area contributed by atoms with Crippen LogP contribution in [0.1, 0.15) is 54.0 Å². The van der Waals surface area contributed by atoms with Crippen molar-refractivity contribution in [2.24, 2.45) is 11.8 Å². The zero-order valence-electron chi connectivity index (χ0n) is 28.3. The van der Waals surface area contributed by atoms with Crippen LogP contribution in [0, 0.1) is 11.8 Å². The first-order chi connectivity index (χ1) is 24.5. The maximum atomic E-state index is 13.7. The molecule has 0 saturated carbocycles. The topological polar surface area (TPSA) is 114 Å². The van der Waals surface area contributed by atoms with Gasteiger partial charge < -0.3 is 25.2 Å². The Hall–Kier alpha value is -5.21. The normalized spacial score (nSPS) is 19.1. The molecule has 8 heteroatoms. The molecule has 8 nitrogen and oxygen atoms in total. The van der Waals surface area contributed by atoms with Gasteiger partial charge in [-0.1, -0.05) is 115 Å². The van der Waals surface area contributed by atoms with Crippen molar-refractivity contribution in [3.05, 3.63) is 150 Å². The lowest BCUT2D eigenvalue weighted by Gasteiger charge is -2.24. The Kier molecular flexibility index (Phi) is 13.8. The number of carbonyl (C=O) groups is 3. The van der Waals surface area contributed by atoms with Gasteiger partial charge in [0.1, 0.15) is 19.0 Å². The van der Waals surface area contributed by atoms with E-state index in [4.69, 9.17) is 9.47 Å². The lowest BCUT2D eigenvalue weighted by molar-refractivity contribution is -0.150. The summed E-state index contributed by atoms with van der Waals surface area (Å²) in [5, 5.41) is 16.1. The minimum absolute atomic E-state index is 0.0190. The van der Waals surface area contributed by atoms with Crippen molar-refractivity contribution in [1.82, 2.24) is 10.6 Å². The maximum absolute atomic E-state index is 13.7. The third-order valence-corrected chi connectivity index (χ3v) is 8.88. The monoisotopic (exact) mass is 674 g/mol. The van der Waals surface area contributed by atoms with Crippen molar-refractivity contribution in [3.8, 4) is 5.75 Å². The third kappa shape index (κ3) is 11.4. The van der Waals surface area contributed by atoms with Crippen molar-refractivity contribution in [2.75, 3.05) is 13.2 Å². The molecule has 4 aromatic carbocycles. The second-order valence-electron chi connectivity index (χ2n) is 12.7. The number of benzene rings is 4. The summed E-state index contributed by atoms with van der Waals surface area (Å²) in [5.74, 6) is -1.18. The number of cyclic esters (lactones) is 1. The Bertz CT molecular complexity index is 1660. The number of nitrogens with one attached hydrogen (secondary N) is 2. The van der Waals surface area contributed by atoms with Gasteiger partial charge in [0.25, 0.3) is 0 Å². The Balaban J connectivity index is 1.21. The summed E-state index contributed by atoms with van der Waals surface area (Å²) < 4.78 is 11.7.